The van der Waals surface area contributed by atoms with Crippen molar-refractivity contribution in [2.45, 2.75) is 44.0 Å². The average molecular weight is 304 g/mol. The number of benzene rings is 1. The van der Waals surface area contributed by atoms with Crippen LogP contribution in [-0.2, 0) is 16.4 Å². The van der Waals surface area contributed by atoms with Crippen molar-refractivity contribution >= 4 is 21.6 Å². The summed E-state index contributed by atoms with van der Waals surface area (Å²) in [5.41, 5.74) is 1.05. The molecule has 1 aromatic rings. The van der Waals surface area contributed by atoms with E-state index < -0.39 is 10.0 Å². The standard InChI is InChI=1S/C14H22ClNO2S/c1-4-5-12(2)16(3)19(17,18)14-8-6-13(7-9-14)10-11-15/h6-9,12H,4-5,10-11H2,1-3H3. The number of rotatable bonds is 7. The topological polar surface area (TPSA) is 37.4 Å². The van der Waals surface area contributed by atoms with Crippen LogP contribution in [0.3, 0.4) is 0 Å². The first kappa shape index (κ1) is 16.5. The molecule has 0 aliphatic heterocycles. The minimum Gasteiger partial charge on any atom is -0.207 e. The number of nitrogens with zero attached hydrogens (tertiary/aromatic N) is 1. The Morgan fingerprint density at radius 2 is 1.84 bits per heavy atom. The summed E-state index contributed by atoms with van der Waals surface area (Å²) in [6.45, 7) is 3.99. The Morgan fingerprint density at radius 1 is 1.26 bits per heavy atom. The van der Waals surface area contributed by atoms with E-state index in [1.54, 1.807) is 19.2 Å². The summed E-state index contributed by atoms with van der Waals surface area (Å²) in [5, 5.41) is 0. The summed E-state index contributed by atoms with van der Waals surface area (Å²) in [6.07, 6.45) is 2.58. The number of aryl methyl sites for hydroxylation is 1. The molecule has 0 saturated heterocycles. The van der Waals surface area contributed by atoms with Gasteiger partial charge < -0.3 is 0 Å². The van der Waals surface area contributed by atoms with E-state index in [4.69, 9.17) is 11.6 Å². The van der Waals surface area contributed by atoms with Crippen molar-refractivity contribution in [2.24, 2.45) is 0 Å². The van der Waals surface area contributed by atoms with Crippen LogP contribution in [0.4, 0.5) is 0 Å². The first-order valence-corrected chi connectivity index (χ1v) is 8.53. The fourth-order valence-electron chi connectivity index (χ4n) is 1.94. The Balaban J connectivity index is 2.93. The van der Waals surface area contributed by atoms with E-state index in [9.17, 15) is 8.42 Å². The highest BCUT2D eigenvalue weighted by molar-refractivity contribution is 7.89. The van der Waals surface area contributed by atoms with Crippen molar-refractivity contribution in [1.82, 2.24) is 4.31 Å². The molecule has 3 nitrogen and oxygen atoms in total. The van der Waals surface area contributed by atoms with E-state index in [0.29, 0.717) is 10.8 Å². The van der Waals surface area contributed by atoms with Gasteiger partial charge in [0.2, 0.25) is 10.0 Å². The Labute approximate surface area is 121 Å². The second-order valence-corrected chi connectivity index (χ2v) is 7.12. The van der Waals surface area contributed by atoms with Crippen LogP contribution in [0.1, 0.15) is 32.3 Å². The predicted molar refractivity (Wildman–Crippen MR) is 80.2 cm³/mol. The minimum absolute atomic E-state index is 0.0116. The molecule has 19 heavy (non-hydrogen) atoms. The lowest BCUT2D eigenvalue weighted by atomic mass is 10.2. The third-order valence-corrected chi connectivity index (χ3v) is 5.49. The molecule has 0 bridgehead atoms. The molecule has 1 rings (SSSR count). The normalized spacial score (nSPS) is 13.7. The molecule has 0 aliphatic rings. The van der Waals surface area contributed by atoms with E-state index in [1.807, 2.05) is 19.1 Å². The first-order chi connectivity index (χ1) is 8.93. The van der Waals surface area contributed by atoms with Crippen LogP contribution in [0, 0.1) is 0 Å². The van der Waals surface area contributed by atoms with Crippen LogP contribution in [0.5, 0.6) is 0 Å². The molecule has 1 aromatic carbocycles. The summed E-state index contributed by atoms with van der Waals surface area (Å²) >= 11 is 5.67. The zero-order valence-electron chi connectivity index (χ0n) is 11.8. The van der Waals surface area contributed by atoms with Crippen molar-refractivity contribution < 1.29 is 8.42 Å². The molecular formula is C14H22ClNO2S. The van der Waals surface area contributed by atoms with Gasteiger partial charge in [0.25, 0.3) is 0 Å². The molecule has 1 unspecified atom stereocenters. The van der Waals surface area contributed by atoms with E-state index in [1.165, 1.54) is 4.31 Å². The van der Waals surface area contributed by atoms with Crippen molar-refractivity contribution in [3.63, 3.8) is 0 Å². The van der Waals surface area contributed by atoms with Crippen LogP contribution < -0.4 is 0 Å². The molecule has 1 atom stereocenters. The maximum absolute atomic E-state index is 12.4. The Bertz CT molecular complexity index is 485. The fraction of sp³-hybridized carbons (Fsp3) is 0.571. The van der Waals surface area contributed by atoms with Gasteiger partial charge in [-0.1, -0.05) is 25.5 Å². The van der Waals surface area contributed by atoms with Gasteiger partial charge in [-0.25, -0.2) is 8.42 Å². The fourth-order valence-corrected chi connectivity index (χ4v) is 3.55. The highest BCUT2D eigenvalue weighted by Crippen LogP contribution is 2.19. The van der Waals surface area contributed by atoms with Crippen LogP contribution >= 0.6 is 11.6 Å². The van der Waals surface area contributed by atoms with Crippen LogP contribution in [0.2, 0.25) is 0 Å². The zero-order chi connectivity index (χ0) is 14.5. The molecule has 0 amide bonds. The average Bonchev–Trinajstić information content (AvgIpc) is 2.39. The molecule has 0 spiro atoms. The molecule has 0 aromatic heterocycles. The van der Waals surface area contributed by atoms with Crippen molar-refractivity contribution in [2.75, 3.05) is 12.9 Å². The molecular weight excluding hydrogens is 282 g/mol. The largest absolute Gasteiger partial charge is 0.243 e. The highest BCUT2D eigenvalue weighted by Gasteiger charge is 2.24. The van der Waals surface area contributed by atoms with Gasteiger partial charge in [-0.15, -0.1) is 11.6 Å². The minimum atomic E-state index is -3.39. The van der Waals surface area contributed by atoms with Gasteiger partial charge in [-0.05, 0) is 37.5 Å². The smallest absolute Gasteiger partial charge is 0.207 e. The van der Waals surface area contributed by atoms with Gasteiger partial charge in [-0.2, -0.15) is 4.31 Å². The first-order valence-electron chi connectivity index (χ1n) is 6.56. The molecule has 0 heterocycles. The quantitative estimate of drug-likeness (QED) is 0.725. The summed E-state index contributed by atoms with van der Waals surface area (Å²) in [7, 11) is -1.75. The molecule has 108 valence electrons. The van der Waals surface area contributed by atoms with Crippen LogP contribution in [0.25, 0.3) is 0 Å². The maximum atomic E-state index is 12.4. The lowest BCUT2D eigenvalue weighted by Gasteiger charge is -2.24. The highest BCUT2D eigenvalue weighted by atomic mass is 35.5. The molecule has 0 aliphatic carbocycles. The molecule has 5 heteroatoms. The summed E-state index contributed by atoms with van der Waals surface area (Å²) in [5.74, 6) is 0.541. The van der Waals surface area contributed by atoms with Crippen LogP contribution in [-0.4, -0.2) is 31.7 Å². The summed E-state index contributed by atoms with van der Waals surface area (Å²) < 4.78 is 26.3. The summed E-state index contributed by atoms with van der Waals surface area (Å²) in [4.78, 5) is 0.344. The Hall–Kier alpha value is -0.580. The van der Waals surface area contributed by atoms with Gasteiger partial charge in [0, 0.05) is 19.0 Å². The Morgan fingerprint density at radius 3 is 2.32 bits per heavy atom. The number of hydrogen-bond donors (Lipinski definition) is 0. The maximum Gasteiger partial charge on any atom is 0.243 e. The third-order valence-electron chi connectivity index (χ3n) is 3.31. The lowest BCUT2D eigenvalue weighted by molar-refractivity contribution is 0.369. The van der Waals surface area contributed by atoms with E-state index in [2.05, 4.69) is 6.92 Å². The lowest BCUT2D eigenvalue weighted by Crippen LogP contribution is -2.34. The number of halogens is 1. The second-order valence-electron chi connectivity index (χ2n) is 4.74. The number of hydrogen-bond acceptors (Lipinski definition) is 2. The van der Waals surface area contributed by atoms with Crippen molar-refractivity contribution in [1.29, 1.82) is 0 Å². The summed E-state index contributed by atoms with van der Waals surface area (Å²) in [6, 6.07) is 6.98. The van der Waals surface area contributed by atoms with E-state index in [-0.39, 0.29) is 6.04 Å². The SMILES string of the molecule is CCCC(C)N(C)S(=O)(=O)c1ccc(CCCl)cc1. The zero-order valence-corrected chi connectivity index (χ0v) is 13.3. The van der Waals surface area contributed by atoms with Gasteiger partial charge in [0.05, 0.1) is 4.90 Å². The van der Waals surface area contributed by atoms with Gasteiger partial charge in [0.1, 0.15) is 0 Å². The van der Waals surface area contributed by atoms with Crippen molar-refractivity contribution in [3.8, 4) is 0 Å². The molecule has 0 radical (unpaired) electrons. The Kier molecular flexibility index (Phi) is 6.30. The predicted octanol–water partition coefficient (Wildman–Crippen LogP) is 3.28. The number of alkyl halides is 1. The monoisotopic (exact) mass is 303 g/mol. The molecule has 0 fully saturated rings. The molecule has 0 N–H and O–H groups in total. The number of sulfonamides is 1. The van der Waals surface area contributed by atoms with Crippen LogP contribution in [0.15, 0.2) is 29.2 Å². The van der Waals surface area contributed by atoms with Gasteiger partial charge in [0.15, 0.2) is 0 Å². The third kappa shape index (κ3) is 4.20. The van der Waals surface area contributed by atoms with E-state index in [0.717, 1.165) is 24.8 Å². The second kappa shape index (κ2) is 7.27. The van der Waals surface area contributed by atoms with Gasteiger partial charge >= 0.3 is 0 Å². The van der Waals surface area contributed by atoms with E-state index >= 15 is 0 Å². The van der Waals surface area contributed by atoms with Gasteiger partial charge in [-0.3, -0.25) is 0 Å². The van der Waals surface area contributed by atoms with Crippen molar-refractivity contribution in [3.05, 3.63) is 29.8 Å². The molecule has 0 saturated carbocycles.